The van der Waals surface area contributed by atoms with Crippen LogP contribution in [-0.2, 0) is 15.1 Å². The Hall–Kier alpha value is -4.90. The zero-order valence-electron chi connectivity index (χ0n) is 25.7. The minimum Gasteiger partial charge on any atom is -0.340 e. The maximum atomic E-state index is 14.3. The number of nitrogens with one attached hydrogen (secondary N) is 1. The molecule has 2 aliphatic carbocycles. The molecule has 3 heterocycles. The lowest BCUT2D eigenvalue weighted by molar-refractivity contribution is -0.126. The molecular weight excluding hydrogens is 667 g/mol. The van der Waals surface area contributed by atoms with Crippen molar-refractivity contribution in [1.29, 1.82) is 0 Å². The molecule has 0 bridgehead atoms. The van der Waals surface area contributed by atoms with Gasteiger partial charge in [0.1, 0.15) is 17.6 Å². The van der Waals surface area contributed by atoms with E-state index in [-0.39, 0.29) is 30.7 Å². The molecule has 5 aromatic rings. The van der Waals surface area contributed by atoms with Gasteiger partial charge in [-0.3, -0.25) is 14.4 Å². The Morgan fingerprint density at radius 1 is 1.04 bits per heavy atom. The van der Waals surface area contributed by atoms with Crippen LogP contribution in [0.3, 0.4) is 0 Å². The predicted octanol–water partition coefficient (Wildman–Crippen LogP) is 5.69. The van der Waals surface area contributed by atoms with Gasteiger partial charge >= 0.3 is 0 Å². The summed E-state index contributed by atoms with van der Waals surface area (Å²) in [6.45, 7) is 3.96. The number of hydrogen-bond acceptors (Lipinski definition) is 9. The molecule has 2 aromatic heterocycles. The second kappa shape index (κ2) is 11.4. The number of anilines is 3. The van der Waals surface area contributed by atoms with Gasteiger partial charge in [-0.05, 0) is 58.3 Å². The summed E-state index contributed by atoms with van der Waals surface area (Å²) in [5, 5.41) is 7.79. The molecule has 1 amide bonds. The number of thiazole rings is 1. The van der Waals surface area contributed by atoms with Crippen molar-refractivity contribution in [1.82, 2.24) is 15.0 Å². The summed E-state index contributed by atoms with van der Waals surface area (Å²) in [5.74, 6) is -0.259. The van der Waals surface area contributed by atoms with Gasteiger partial charge in [-0.15, -0.1) is 11.3 Å². The highest BCUT2D eigenvalue weighted by molar-refractivity contribution is 7.14. The first-order valence-electron chi connectivity index (χ1n) is 15.2. The quantitative estimate of drug-likeness (QED) is 0.251. The van der Waals surface area contributed by atoms with E-state index in [1.807, 2.05) is 71.5 Å². The molecular formula is C36H26Cl2N6O3S. The third-order valence-corrected chi connectivity index (χ3v) is 10.6. The van der Waals surface area contributed by atoms with Crippen LogP contribution >= 0.6 is 34.5 Å². The predicted molar refractivity (Wildman–Crippen MR) is 189 cm³/mol. The van der Waals surface area contributed by atoms with Crippen molar-refractivity contribution >= 4 is 80.8 Å². The van der Waals surface area contributed by atoms with E-state index < -0.39 is 11.5 Å². The number of halogens is 2. The molecule has 12 heteroatoms. The first-order chi connectivity index (χ1) is 23.1. The van der Waals surface area contributed by atoms with Crippen LogP contribution in [0.2, 0.25) is 10.0 Å². The molecule has 0 saturated carbocycles. The molecule has 238 valence electrons. The van der Waals surface area contributed by atoms with Crippen LogP contribution in [0.15, 0.2) is 72.5 Å². The molecule has 0 spiro atoms. The summed E-state index contributed by atoms with van der Waals surface area (Å²) in [6.07, 6.45) is 6.73. The molecule has 1 N–H and O–H groups in total. The van der Waals surface area contributed by atoms with Crippen LogP contribution < -0.4 is 25.6 Å². The third kappa shape index (κ3) is 4.74. The molecule has 8 rings (SSSR count). The van der Waals surface area contributed by atoms with Gasteiger partial charge in [0, 0.05) is 27.4 Å². The van der Waals surface area contributed by atoms with Crippen molar-refractivity contribution < 1.29 is 14.4 Å². The highest BCUT2D eigenvalue weighted by atomic mass is 35.5. The summed E-state index contributed by atoms with van der Waals surface area (Å²) in [7, 11) is 0. The fraction of sp³-hybridized carbons (Fsp3) is 0.167. The van der Waals surface area contributed by atoms with Crippen LogP contribution in [0.5, 0.6) is 0 Å². The lowest BCUT2D eigenvalue weighted by atomic mass is 9.73. The van der Waals surface area contributed by atoms with Crippen LogP contribution in [0.1, 0.15) is 29.8 Å². The van der Waals surface area contributed by atoms with Gasteiger partial charge in [-0.2, -0.15) is 0 Å². The van der Waals surface area contributed by atoms with E-state index >= 15 is 0 Å². The van der Waals surface area contributed by atoms with E-state index in [4.69, 9.17) is 23.2 Å². The average molecular weight is 694 g/mol. The number of aromatic nitrogens is 3. The maximum Gasteiger partial charge on any atom is 0.245 e. The summed E-state index contributed by atoms with van der Waals surface area (Å²) in [4.78, 5) is 58.1. The van der Waals surface area contributed by atoms with E-state index in [2.05, 4.69) is 20.3 Å². The van der Waals surface area contributed by atoms with Crippen LogP contribution in [0.25, 0.3) is 34.5 Å². The van der Waals surface area contributed by atoms with Crippen LogP contribution in [0.4, 0.5) is 16.6 Å². The fourth-order valence-electron chi connectivity index (χ4n) is 6.99. The topological polar surface area (TPSA) is 108 Å². The van der Waals surface area contributed by atoms with Gasteiger partial charge in [-0.1, -0.05) is 72.6 Å². The SMILES string of the molecule is CC1C=c2c(ccc3c2=CC(=O)c2ccccc2-3)C(C)(N2CN(CC(=O)Nc3nc(-c4ccc(Cl)cc4Cl)cs3)c3cncnc32)C1=O. The highest BCUT2D eigenvalue weighted by Gasteiger charge is 2.50. The first-order valence-corrected chi connectivity index (χ1v) is 16.9. The smallest absolute Gasteiger partial charge is 0.245 e. The van der Waals surface area contributed by atoms with Gasteiger partial charge in [0.2, 0.25) is 5.91 Å². The van der Waals surface area contributed by atoms with E-state index in [1.54, 1.807) is 30.5 Å². The zero-order valence-corrected chi connectivity index (χ0v) is 28.0. The summed E-state index contributed by atoms with van der Waals surface area (Å²) < 4.78 is 0. The van der Waals surface area contributed by atoms with Crippen LogP contribution in [-0.4, -0.2) is 45.6 Å². The molecule has 2 atom stereocenters. The lowest BCUT2D eigenvalue weighted by Crippen LogP contribution is -2.59. The number of ketones is 2. The standard InChI is InChI=1S/C36H26Cl2N6O3S/c1-19-11-26-25-13-31(45)23-6-4-3-5-21(23)22(25)9-10-27(26)36(2,33(19)47)44-18-43(30-14-39-17-40-34(30)44)15-32(46)42-35-41-29(16-48-35)24-8-7-20(37)12-28(24)38/h3-14,16-17,19H,15,18H2,1-2H3,(H,41,42,46). The Bertz CT molecular complexity index is 2340. The van der Waals surface area contributed by atoms with E-state index in [1.165, 1.54) is 17.7 Å². The summed E-state index contributed by atoms with van der Waals surface area (Å²) >= 11 is 13.7. The lowest BCUT2D eigenvalue weighted by Gasteiger charge is -2.42. The average Bonchev–Trinajstić information content (AvgIpc) is 3.69. The minimum absolute atomic E-state index is 0.00970. The van der Waals surface area contributed by atoms with Gasteiger partial charge in [0.05, 0.1) is 30.1 Å². The highest BCUT2D eigenvalue weighted by Crippen LogP contribution is 2.44. The van der Waals surface area contributed by atoms with Crippen LogP contribution in [0, 0.1) is 5.92 Å². The van der Waals surface area contributed by atoms with Gasteiger partial charge in [-0.25, -0.2) is 15.0 Å². The van der Waals surface area contributed by atoms with Gasteiger partial charge in [0.15, 0.2) is 22.5 Å². The molecule has 0 saturated heterocycles. The number of amides is 1. The molecule has 0 fully saturated rings. The normalized spacial score (nSPS) is 19.1. The van der Waals surface area contributed by atoms with Gasteiger partial charge < -0.3 is 15.1 Å². The van der Waals surface area contributed by atoms with Crippen molar-refractivity contribution in [3.63, 3.8) is 0 Å². The Morgan fingerprint density at radius 3 is 2.65 bits per heavy atom. The number of carbonyl (C=O) groups excluding carboxylic acids is 3. The Labute approximate surface area is 289 Å². The number of fused-ring (bicyclic) bond motifs is 6. The largest absolute Gasteiger partial charge is 0.340 e. The second-order valence-corrected chi connectivity index (χ2v) is 13.8. The molecule has 1 aliphatic heterocycles. The van der Waals surface area contributed by atoms with E-state index in [0.29, 0.717) is 43.5 Å². The number of benzene rings is 3. The number of hydrogen-bond donors (Lipinski definition) is 1. The maximum absolute atomic E-state index is 14.3. The van der Waals surface area contributed by atoms with Crippen molar-refractivity contribution in [2.75, 3.05) is 28.3 Å². The number of carbonyl (C=O) groups is 3. The van der Waals surface area contributed by atoms with E-state index in [9.17, 15) is 14.4 Å². The molecule has 0 radical (unpaired) electrons. The molecule has 3 aliphatic rings. The molecule has 2 unspecified atom stereocenters. The Morgan fingerprint density at radius 2 is 1.83 bits per heavy atom. The fourth-order valence-corrected chi connectivity index (χ4v) is 8.22. The van der Waals surface area contributed by atoms with E-state index in [0.717, 1.165) is 27.1 Å². The van der Waals surface area contributed by atoms with Crippen molar-refractivity contribution in [2.45, 2.75) is 19.4 Å². The Balaban J connectivity index is 1.12. The molecule has 48 heavy (non-hydrogen) atoms. The zero-order chi connectivity index (χ0) is 33.3. The second-order valence-electron chi connectivity index (χ2n) is 12.1. The number of rotatable bonds is 5. The minimum atomic E-state index is -1.15. The van der Waals surface area contributed by atoms with Crippen molar-refractivity contribution in [2.24, 2.45) is 5.92 Å². The molecule has 3 aromatic carbocycles. The first kappa shape index (κ1) is 30.4. The Kier molecular flexibility index (Phi) is 7.21. The monoisotopic (exact) mass is 692 g/mol. The number of nitrogens with zero attached hydrogens (tertiary/aromatic N) is 5. The van der Waals surface area contributed by atoms with Gasteiger partial charge in [0.25, 0.3) is 0 Å². The summed E-state index contributed by atoms with van der Waals surface area (Å²) in [5.41, 5.74) is 4.09. The third-order valence-electron chi connectivity index (χ3n) is 9.29. The number of Topliss-reactive ketones (excluding diaryl/α,β-unsaturated/α-hetero) is 2. The van der Waals surface area contributed by atoms with Crippen molar-refractivity contribution in [3.8, 4) is 22.4 Å². The summed E-state index contributed by atoms with van der Waals surface area (Å²) in [6, 6.07) is 16.7. The van der Waals surface area contributed by atoms with Crippen molar-refractivity contribution in [3.05, 3.63) is 104 Å². The molecule has 9 nitrogen and oxygen atoms in total.